The maximum absolute atomic E-state index is 2.37. The lowest BCUT2D eigenvalue weighted by Gasteiger charge is -2.15. The van der Waals surface area contributed by atoms with Crippen LogP contribution in [-0.2, 0) is 0 Å². The van der Waals surface area contributed by atoms with Crippen LogP contribution in [0.1, 0.15) is 16.7 Å². The highest BCUT2D eigenvalue weighted by atomic mass is 14.2. The van der Waals surface area contributed by atoms with Gasteiger partial charge >= 0.3 is 0 Å². The minimum Gasteiger partial charge on any atom is -0.0616 e. The van der Waals surface area contributed by atoms with Crippen molar-refractivity contribution in [3.05, 3.63) is 120 Å². The van der Waals surface area contributed by atoms with Crippen molar-refractivity contribution >= 4 is 32.3 Å². The molecule has 0 aromatic heterocycles. The van der Waals surface area contributed by atoms with E-state index in [9.17, 15) is 0 Å². The van der Waals surface area contributed by atoms with Crippen LogP contribution in [0.2, 0.25) is 0 Å². The third-order valence-corrected chi connectivity index (χ3v) is 6.97. The molecule has 33 heavy (non-hydrogen) atoms. The molecular formula is C33H26. The molecule has 0 saturated heterocycles. The molecular weight excluding hydrogens is 396 g/mol. The van der Waals surface area contributed by atoms with E-state index in [1.54, 1.807) is 0 Å². The smallest absolute Gasteiger partial charge is 0.00732 e. The fourth-order valence-electron chi connectivity index (χ4n) is 5.18. The van der Waals surface area contributed by atoms with Crippen LogP contribution in [0.5, 0.6) is 0 Å². The number of benzene rings is 6. The Balaban J connectivity index is 1.53. The van der Waals surface area contributed by atoms with Gasteiger partial charge < -0.3 is 0 Å². The normalized spacial score (nSPS) is 11.5. The van der Waals surface area contributed by atoms with Gasteiger partial charge in [-0.2, -0.15) is 0 Å². The summed E-state index contributed by atoms with van der Waals surface area (Å²) in [5, 5.41) is 7.83. The van der Waals surface area contributed by atoms with Crippen molar-refractivity contribution in [2.75, 3.05) is 0 Å². The van der Waals surface area contributed by atoms with E-state index in [2.05, 4.69) is 124 Å². The fourth-order valence-corrected chi connectivity index (χ4v) is 5.18. The Labute approximate surface area is 195 Å². The first kappa shape index (κ1) is 19.8. The Morgan fingerprint density at radius 3 is 1.91 bits per heavy atom. The second-order valence-corrected chi connectivity index (χ2v) is 9.23. The van der Waals surface area contributed by atoms with Crippen molar-refractivity contribution in [3.8, 4) is 22.3 Å². The number of fused-ring (bicyclic) bond motifs is 4. The van der Waals surface area contributed by atoms with E-state index in [0.29, 0.717) is 0 Å². The molecule has 0 fully saturated rings. The SMILES string of the molecule is Cc1ccc2c(ccc3cc(-c4ccc(C)c(-c5c(C)ccc6ccccc56)c4)ccc32)c1. The summed E-state index contributed by atoms with van der Waals surface area (Å²) in [6.07, 6.45) is 0. The van der Waals surface area contributed by atoms with Crippen molar-refractivity contribution in [2.24, 2.45) is 0 Å². The molecule has 0 bridgehead atoms. The van der Waals surface area contributed by atoms with E-state index in [1.807, 2.05) is 0 Å². The summed E-state index contributed by atoms with van der Waals surface area (Å²) >= 11 is 0. The van der Waals surface area contributed by atoms with E-state index in [-0.39, 0.29) is 0 Å². The van der Waals surface area contributed by atoms with Gasteiger partial charge in [0.1, 0.15) is 0 Å². The van der Waals surface area contributed by atoms with Gasteiger partial charge in [-0.05, 0) is 98.6 Å². The Morgan fingerprint density at radius 1 is 0.424 bits per heavy atom. The molecule has 0 heteroatoms. The lowest BCUT2D eigenvalue weighted by atomic mass is 9.89. The number of hydrogen-bond acceptors (Lipinski definition) is 0. The quantitative estimate of drug-likeness (QED) is 0.244. The van der Waals surface area contributed by atoms with Crippen molar-refractivity contribution in [1.29, 1.82) is 0 Å². The minimum atomic E-state index is 1.26. The molecule has 0 aliphatic heterocycles. The van der Waals surface area contributed by atoms with Gasteiger partial charge in [-0.1, -0.05) is 96.6 Å². The summed E-state index contributed by atoms with van der Waals surface area (Å²) in [4.78, 5) is 0. The third kappa shape index (κ3) is 3.31. The van der Waals surface area contributed by atoms with Gasteiger partial charge in [0.15, 0.2) is 0 Å². The Kier molecular flexibility index (Phi) is 4.55. The van der Waals surface area contributed by atoms with Gasteiger partial charge in [0.25, 0.3) is 0 Å². The number of rotatable bonds is 2. The molecule has 0 heterocycles. The summed E-state index contributed by atoms with van der Waals surface area (Å²) in [5.41, 5.74) is 9.09. The van der Waals surface area contributed by atoms with Gasteiger partial charge in [0, 0.05) is 0 Å². The van der Waals surface area contributed by atoms with E-state index < -0.39 is 0 Å². The van der Waals surface area contributed by atoms with Gasteiger partial charge in [-0.3, -0.25) is 0 Å². The first-order valence-electron chi connectivity index (χ1n) is 11.6. The summed E-state index contributed by atoms with van der Waals surface area (Å²) < 4.78 is 0. The Morgan fingerprint density at radius 2 is 1.06 bits per heavy atom. The Bertz CT molecular complexity index is 1680. The third-order valence-electron chi connectivity index (χ3n) is 6.97. The monoisotopic (exact) mass is 422 g/mol. The van der Waals surface area contributed by atoms with Crippen molar-refractivity contribution < 1.29 is 0 Å². The van der Waals surface area contributed by atoms with Crippen LogP contribution in [0.4, 0.5) is 0 Å². The van der Waals surface area contributed by atoms with Crippen molar-refractivity contribution in [1.82, 2.24) is 0 Å². The maximum atomic E-state index is 2.37. The predicted molar refractivity (Wildman–Crippen MR) is 144 cm³/mol. The molecule has 0 aliphatic carbocycles. The molecule has 0 unspecified atom stereocenters. The highest BCUT2D eigenvalue weighted by Crippen LogP contribution is 2.37. The average Bonchev–Trinajstić information content (AvgIpc) is 2.84. The van der Waals surface area contributed by atoms with Gasteiger partial charge in [-0.15, -0.1) is 0 Å². The van der Waals surface area contributed by atoms with Crippen LogP contribution in [0, 0.1) is 20.8 Å². The predicted octanol–water partition coefficient (Wildman–Crippen LogP) is 9.41. The standard InChI is InChI=1S/C33H26/c1-21-8-16-29-27(18-21)13-14-28-19-25(15-17-30(28)29)26-12-9-22(2)32(20-26)33-23(3)10-11-24-6-4-5-7-31(24)33/h4-20H,1-3H3. The summed E-state index contributed by atoms with van der Waals surface area (Å²) in [7, 11) is 0. The Hall–Kier alpha value is -3.90. The van der Waals surface area contributed by atoms with Crippen LogP contribution in [0.3, 0.4) is 0 Å². The second kappa shape index (κ2) is 7.60. The van der Waals surface area contributed by atoms with Crippen LogP contribution in [0.15, 0.2) is 103 Å². The van der Waals surface area contributed by atoms with Crippen LogP contribution >= 0.6 is 0 Å². The molecule has 0 saturated carbocycles. The summed E-state index contributed by atoms with van der Waals surface area (Å²) in [5.74, 6) is 0. The molecule has 0 spiro atoms. The highest BCUT2D eigenvalue weighted by molar-refractivity contribution is 6.08. The van der Waals surface area contributed by atoms with Crippen LogP contribution in [-0.4, -0.2) is 0 Å². The zero-order chi connectivity index (χ0) is 22.5. The molecule has 0 N–H and O–H groups in total. The fraction of sp³-hybridized carbons (Fsp3) is 0.0909. The van der Waals surface area contributed by atoms with Gasteiger partial charge in [0.2, 0.25) is 0 Å². The highest BCUT2D eigenvalue weighted by Gasteiger charge is 2.12. The molecule has 158 valence electrons. The maximum Gasteiger partial charge on any atom is -0.00732 e. The second-order valence-electron chi connectivity index (χ2n) is 9.23. The molecule has 0 radical (unpaired) electrons. The molecule has 0 atom stereocenters. The molecule has 6 rings (SSSR count). The van der Waals surface area contributed by atoms with Gasteiger partial charge in [-0.25, -0.2) is 0 Å². The van der Waals surface area contributed by atoms with Gasteiger partial charge in [0.05, 0.1) is 0 Å². The van der Waals surface area contributed by atoms with E-state index in [4.69, 9.17) is 0 Å². The van der Waals surface area contributed by atoms with Crippen LogP contribution in [0.25, 0.3) is 54.6 Å². The molecule has 0 nitrogen and oxygen atoms in total. The van der Waals surface area contributed by atoms with E-state index in [1.165, 1.54) is 71.3 Å². The lowest BCUT2D eigenvalue weighted by Crippen LogP contribution is -1.91. The first-order valence-corrected chi connectivity index (χ1v) is 11.6. The topological polar surface area (TPSA) is 0 Å². The molecule has 0 amide bonds. The lowest BCUT2D eigenvalue weighted by molar-refractivity contribution is 1.42. The molecule has 6 aromatic rings. The van der Waals surface area contributed by atoms with Crippen molar-refractivity contribution in [3.63, 3.8) is 0 Å². The number of aryl methyl sites for hydroxylation is 3. The van der Waals surface area contributed by atoms with Crippen molar-refractivity contribution in [2.45, 2.75) is 20.8 Å². The summed E-state index contributed by atoms with van der Waals surface area (Å²) in [6.45, 7) is 6.59. The number of hydrogen-bond donors (Lipinski definition) is 0. The zero-order valence-electron chi connectivity index (χ0n) is 19.3. The summed E-state index contributed by atoms with van der Waals surface area (Å²) in [6, 6.07) is 38.2. The largest absolute Gasteiger partial charge is 0.0616 e. The molecule has 0 aliphatic rings. The van der Waals surface area contributed by atoms with E-state index in [0.717, 1.165) is 0 Å². The molecule has 6 aromatic carbocycles. The van der Waals surface area contributed by atoms with Crippen LogP contribution < -0.4 is 0 Å². The zero-order valence-corrected chi connectivity index (χ0v) is 19.3. The van der Waals surface area contributed by atoms with E-state index >= 15 is 0 Å². The average molecular weight is 423 g/mol. The first-order chi connectivity index (χ1) is 16.1. The minimum absolute atomic E-state index is 1.26.